The minimum Gasteiger partial charge on any atom is -0.511 e. The van der Waals surface area contributed by atoms with Crippen LogP contribution >= 0.6 is 0 Å². The Hall–Kier alpha value is -3.74. The van der Waals surface area contributed by atoms with E-state index in [-0.39, 0.29) is 40.3 Å². The van der Waals surface area contributed by atoms with Crippen molar-refractivity contribution in [1.29, 1.82) is 0 Å². The maximum Gasteiger partial charge on any atom is 0.261 e. The average molecular weight is 350 g/mol. The third kappa shape index (κ3) is 2.46. The lowest BCUT2D eigenvalue weighted by atomic mass is 9.98. The summed E-state index contributed by atoms with van der Waals surface area (Å²) in [7, 11) is 0. The number of hydrogen-bond acceptors (Lipinski definition) is 6. The Morgan fingerprint density at radius 2 is 1.96 bits per heavy atom. The SMILES string of the molecule is O=c1[nH]c(O)cc2c1=C(O)CC(=Cc1cc(O)c(O)c3ncccc13)C=2. The summed E-state index contributed by atoms with van der Waals surface area (Å²) in [6.45, 7) is 0. The summed E-state index contributed by atoms with van der Waals surface area (Å²) >= 11 is 0. The van der Waals surface area contributed by atoms with Crippen LogP contribution in [-0.2, 0) is 0 Å². The molecule has 1 aliphatic rings. The molecule has 7 heteroatoms. The molecule has 0 unspecified atom stereocenters. The molecule has 2 aromatic heterocycles. The van der Waals surface area contributed by atoms with Gasteiger partial charge in [0.25, 0.3) is 5.56 Å². The average Bonchev–Trinajstić information content (AvgIpc) is 2.58. The summed E-state index contributed by atoms with van der Waals surface area (Å²) in [6.07, 6.45) is 5.02. The van der Waals surface area contributed by atoms with Crippen LogP contribution in [0.2, 0.25) is 0 Å². The molecule has 1 aromatic carbocycles. The molecule has 5 N–H and O–H groups in total. The molecule has 0 bridgehead atoms. The molecule has 0 amide bonds. The van der Waals surface area contributed by atoms with Crippen LogP contribution in [0.25, 0.3) is 28.8 Å². The van der Waals surface area contributed by atoms with Gasteiger partial charge in [-0.2, -0.15) is 0 Å². The Morgan fingerprint density at radius 1 is 1.15 bits per heavy atom. The van der Waals surface area contributed by atoms with Gasteiger partial charge in [0.05, 0.1) is 5.22 Å². The number of aromatic nitrogens is 2. The molecule has 2 heterocycles. The monoisotopic (exact) mass is 350 g/mol. The van der Waals surface area contributed by atoms with Crippen molar-refractivity contribution < 1.29 is 20.4 Å². The number of aromatic hydroxyl groups is 3. The number of phenolic OH excluding ortho intramolecular Hbond substituents is 2. The van der Waals surface area contributed by atoms with Crippen LogP contribution in [0.15, 0.2) is 40.8 Å². The molecule has 0 aliphatic heterocycles. The molecule has 0 radical (unpaired) electrons. The lowest BCUT2D eigenvalue weighted by molar-refractivity contribution is 0.407. The number of rotatable bonds is 1. The second-order valence-corrected chi connectivity index (χ2v) is 6.03. The van der Waals surface area contributed by atoms with Crippen molar-refractivity contribution in [3.8, 4) is 17.4 Å². The quantitative estimate of drug-likeness (QED) is 0.416. The molecule has 0 saturated heterocycles. The van der Waals surface area contributed by atoms with E-state index < -0.39 is 5.56 Å². The van der Waals surface area contributed by atoms with E-state index in [4.69, 9.17) is 0 Å². The van der Waals surface area contributed by atoms with E-state index in [1.54, 1.807) is 24.3 Å². The molecule has 26 heavy (non-hydrogen) atoms. The van der Waals surface area contributed by atoms with Gasteiger partial charge >= 0.3 is 0 Å². The van der Waals surface area contributed by atoms with E-state index in [1.165, 1.54) is 18.3 Å². The summed E-state index contributed by atoms with van der Waals surface area (Å²) < 4.78 is 0. The van der Waals surface area contributed by atoms with Gasteiger partial charge in [0.2, 0.25) is 0 Å². The number of aliphatic hydroxyl groups excluding tert-OH is 1. The third-order valence-electron chi connectivity index (χ3n) is 4.27. The number of nitrogens with one attached hydrogen (secondary N) is 1. The second-order valence-electron chi connectivity index (χ2n) is 6.03. The summed E-state index contributed by atoms with van der Waals surface area (Å²) in [6, 6.07) is 6.22. The van der Waals surface area contributed by atoms with E-state index >= 15 is 0 Å². The zero-order valence-corrected chi connectivity index (χ0v) is 13.4. The van der Waals surface area contributed by atoms with Crippen LogP contribution in [0, 0.1) is 0 Å². The first-order valence-electron chi connectivity index (χ1n) is 7.80. The normalized spacial score (nSPS) is 15.1. The molecular weight excluding hydrogens is 336 g/mol. The second kappa shape index (κ2) is 5.66. The maximum atomic E-state index is 11.9. The molecule has 0 saturated carbocycles. The Bertz CT molecular complexity index is 1270. The van der Waals surface area contributed by atoms with Gasteiger partial charge in [-0.1, -0.05) is 18.2 Å². The fraction of sp³-hybridized carbons (Fsp3) is 0.0526. The number of hydrogen-bond donors (Lipinski definition) is 5. The molecule has 3 aromatic rings. The highest BCUT2D eigenvalue weighted by molar-refractivity contribution is 5.95. The zero-order chi connectivity index (χ0) is 18.4. The van der Waals surface area contributed by atoms with Crippen LogP contribution < -0.4 is 16.0 Å². The van der Waals surface area contributed by atoms with Crippen molar-refractivity contribution in [2.45, 2.75) is 6.42 Å². The molecular formula is C19H14N2O5. The van der Waals surface area contributed by atoms with Gasteiger partial charge in [0.15, 0.2) is 17.4 Å². The van der Waals surface area contributed by atoms with E-state index in [0.29, 0.717) is 21.7 Å². The number of aliphatic hydroxyl groups is 1. The first-order chi connectivity index (χ1) is 12.4. The number of aromatic amines is 1. The maximum absolute atomic E-state index is 11.9. The van der Waals surface area contributed by atoms with Crippen molar-refractivity contribution >= 4 is 28.8 Å². The Balaban J connectivity index is 1.97. The summed E-state index contributed by atoms with van der Waals surface area (Å²) in [5.74, 6) is -1.01. The van der Waals surface area contributed by atoms with Gasteiger partial charge in [-0.05, 0) is 28.5 Å². The number of H-pyrrole nitrogens is 1. The fourth-order valence-electron chi connectivity index (χ4n) is 3.16. The van der Waals surface area contributed by atoms with Gasteiger partial charge < -0.3 is 20.4 Å². The molecule has 0 atom stereocenters. The predicted molar refractivity (Wildman–Crippen MR) is 96.1 cm³/mol. The highest BCUT2D eigenvalue weighted by Gasteiger charge is 2.14. The number of fused-ring (bicyclic) bond motifs is 2. The predicted octanol–water partition coefficient (Wildman–Crippen LogP) is 0.974. The molecule has 7 nitrogen and oxygen atoms in total. The Kier molecular flexibility index (Phi) is 3.43. The van der Waals surface area contributed by atoms with E-state index in [0.717, 1.165) is 0 Å². The molecule has 0 spiro atoms. The first kappa shape index (κ1) is 15.8. The topological polar surface area (TPSA) is 127 Å². The van der Waals surface area contributed by atoms with Gasteiger partial charge in [-0.25, -0.2) is 0 Å². The zero-order valence-electron chi connectivity index (χ0n) is 13.4. The molecule has 0 fully saturated rings. The van der Waals surface area contributed by atoms with E-state index in [2.05, 4.69) is 9.97 Å². The van der Waals surface area contributed by atoms with Crippen LogP contribution in [0.3, 0.4) is 0 Å². The highest BCUT2D eigenvalue weighted by Crippen LogP contribution is 2.36. The smallest absolute Gasteiger partial charge is 0.261 e. The standard InChI is InChI=1S/C19H14N2O5/c22-13-6-9(5-11-8-15(24)21-19(26)16(11)13)4-10-7-14(23)18(25)17-12(10)2-1-3-20-17/h1-5,7-8,22-25H,6H2,(H,21,26). The van der Waals surface area contributed by atoms with Crippen LogP contribution in [0.4, 0.5) is 0 Å². The van der Waals surface area contributed by atoms with Crippen molar-refractivity contribution in [3.63, 3.8) is 0 Å². The van der Waals surface area contributed by atoms with Gasteiger partial charge in [0.1, 0.15) is 11.3 Å². The van der Waals surface area contributed by atoms with Crippen molar-refractivity contribution in [2.75, 3.05) is 0 Å². The van der Waals surface area contributed by atoms with Gasteiger partial charge in [-0.3, -0.25) is 14.8 Å². The number of nitrogens with zero attached hydrogens (tertiary/aromatic N) is 1. The van der Waals surface area contributed by atoms with E-state index in [9.17, 15) is 25.2 Å². The van der Waals surface area contributed by atoms with Crippen LogP contribution in [0.1, 0.15) is 12.0 Å². The summed E-state index contributed by atoms with van der Waals surface area (Å²) in [5, 5.41) is 40.9. The van der Waals surface area contributed by atoms with Gasteiger partial charge in [0, 0.05) is 24.1 Å². The summed E-state index contributed by atoms with van der Waals surface area (Å²) in [4.78, 5) is 18.2. The first-order valence-corrected chi connectivity index (χ1v) is 7.80. The number of benzene rings is 1. The van der Waals surface area contributed by atoms with Crippen molar-refractivity contribution in [3.05, 3.63) is 62.4 Å². The van der Waals surface area contributed by atoms with Crippen molar-refractivity contribution in [1.82, 2.24) is 9.97 Å². The fourth-order valence-corrected chi connectivity index (χ4v) is 3.16. The molecule has 130 valence electrons. The summed E-state index contributed by atoms with van der Waals surface area (Å²) in [5.41, 5.74) is 0.956. The largest absolute Gasteiger partial charge is 0.511 e. The third-order valence-corrected chi connectivity index (χ3v) is 4.27. The van der Waals surface area contributed by atoms with Crippen LogP contribution in [-0.4, -0.2) is 30.4 Å². The lowest BCUT2D eigenvalue weighted by Gasteiger charge is -2.11. The number of pyridine rings is 2. The highest BCUT2D eigenvalue weighted by atomic mass is 16.3. The minimum atomic E-state index is -0.565. The Morgan fingerprint density at radius 3 is 2.77 bits per heavy atom. The van der Waals surface area contributed by atoms with Crippen molar-refractivity contribution in [2.24, 2.45) is 0 Å². The van der Waals surface area contributed by atoms with Gasteiger partial charge in [-0.15, -0.1) is 0 Å². The minimum absolute atomic E-state index is 0.111. The number of phenols is 2. The lowest BCUT2D eigenvalue weighted by Crippen LogP contribution is -2.43. The Labute approximate surface area is 146 Å². The van der Waals surface area contributed by atoms with E-state index in [1.807, 2.05) is 0 Å². The molecule has 1 aliphatic carbocycles. The van der Waals surface area contributed by atoms with Crippen LogP contribution in [0.5, 0.6) is 17.4 Å². The molecule has 4 rings (SSSR count).